The Bertz CT molecular complexity index is 4590. The number of carboxylic acids is 1. The van der Waals surface area contributed by atoms with E-state index in [9.17, 15) is 121 Å². The van der Waals surface area contributed by atoms with E-state index in [0.29, 0.717) is 49.4 Å². The number of aliphatic carboxylic acids is 1. The second-order valence-corrected chi connectivity index (χ2v) is 29.8. The van der Waals surface area contributed by atoms with Gasteiger partial charge in [0.1, 0.15) is 118 Å². The van der Waals surface area contributed by atoms with Crippen LogP contribution in [0.15, 0.2) is 83.6 Å². The Hall–Kier alpha value is -4.63. The summed E-state index contributed by atoms with van der Waals surface area (Å²) in [6.07, 6.45) is -32.5. The van der Waals surface area contributed by atoms with Crippen LogP contribution in [0.1, 0.15) is 94.1 Å². The number of aromatic nitrogens is 2. The van der Waals surface area contributed by atoms with Gasteiger partial charge in [-0.15, -0.1) is 18.0 Å². The van der Waals surface area contributed by atoms with Crippen molar-refractivity contribution >= 4 is 82.0 Å². The van der Waals surface area contributed by atoms with Crippen molar-refractivity contribution in [1.29, 1.82) is 0 Å². The number of ketones is 1. The van der Waals surface area contributed by atoms with Gasteiger partial charge in [-0.25, -0.2) is 13.2 Å². The molecular formula is C66H84N6Na3O36S3-. The van der Waals surface area contributed by atoms with E-state index in [2.05, 4.69) is 32.3 Å². The molecule has 4 fully saturated rings. The number of Topliss-reactive ketones (excluding diaryl/α,β-unsaturated/α-hetero) is 1. The van der Waals surface area contributed by atoms with E-state index in [1.807, 2.05) is 4.98 Å². The minimum atomic E-state index is -5.09. The largest absolute Gasteiger partial charge is 1.00 e. The molecule has 17 N–H and O–H groups in total. The van der Waals surface area contributed by atoms with Gasteiger partial charge in [-0.2, -0.15) is 18.2 Å². The minimum absolute atomic E-state index is 0. The van der Waals surface area contributed by atoms with Crippen molar-refractivity contribution in [1.82, 2.24) is 15.3 Å². The molecule has 9 rings (SSSR count). The van der Waals surface area contributed by atoms with Gasteiger partial charge in [0.25, 0.3) is 22.3 Å². The average molecular weight is 1700 g/mol. The van der Waals surface area contributed by atoms with Gasteiger partial charge in [-0.05, 0) is 54.8 Å². The van der Waals surface area contributed by atoms with E-state index < -0.39 is 235 Å². The predicted octanol–water partition coefficient (Wildman–Crippen LogP) is -15.8. The quantitative estimate of drug-likeness (QED) is 0.00582. The van der Waals surface area contributed by atoms with Crippen LogP contribution in [0.3, 0.4) is 0 Å². The van der Waals surface area contributed by atoms with Crippen LogP contribution in [-0.4, -0.2) is 278 Å². The number of unbranched alkanes of at least 4 members (excludes halogenated alkanes) is 5. The molecule has 5 aromatic rings. The van der Waals surface area contributed by atoms with Crippen molar-refractivity contribution in [2.45, 2.75) is 217 Å². The summed E-state index contributed by atoms with van der Waals surface area (Å²) in [5.74, 6) is -7.91. The average Bonchev–Trinajstić information content (AvgIpc) is 0.786. The van der Waals surface area contributed by atoms with Gasteiger partial charge < -0.3 is 139 Å². The van der Waals surface area contributed by atoms with Crippen LogP contribution in [-0.2, 0) is 84.9 Å². The summed E-state index contributed by atoms with van der Waals surface area (Å²) in [5.41, 5.74) is -3.86. The summed E-state index contributed by atoms with van der Waals surface area (Å²) in [6, 6.07) is 11.6. The second kappa shape index (κ2) is 44.6. The number of aliphatic hydroxyl groups is 11. The van der Waals surface area contributed by atoms with Crippen molar-refractivity contribution in [2.75, 3.05) is 48.9 Å². The van der Waals surface area contributed by atoms with Crippen molar-refractivity contribution in [3.05, 3.63) is 113 Å². The number of H-pyrrole nitrogens is 2. The fourth-order valence-corrected chi connectivity index (χ4v) is 14.2. The maximum absolute atomic E-state index is 14.2. The molecular weight excluding hydrogens is 1620 g/mol. The summed E-state index contributed by atoms with van der Waals surface area (Å²) >= 11 is 0. The Labute approximate surface area is 716 Å². The number of amides is 1. The molecule has 0 spiro atoms. The number of benzene rings is 3. The Morgan fingerprint density at radius 2 is 1.33 bits per heavy atom. The maximum atomic E-state index is 14.2. The fourth-order valence-electron chi connectivity index (χ4n) is 13.0. The first-order valence-electron chi connectivity index (χ1n) is 34.6. The maximum Gasteiger partial charge on any atom is 1.00 e. The van der Waals surface area contributed by atoms with E-state index in [-0.39, 0.29) is 168 Å². The third-order valence-corrected chi connectivity index (χ3v) is 20.6. The molecule has 21 atom stereocenters. The minimum Gasteiger partial charge on any atom is -0.754 e. The van der Waals surface area contributed by atoms with Gasteiger partial charge in [-0.3, -0.25) is 37.4 Å². The van der Waals surface area contributed by atoms with E-state index in [1.165, 1.54) is 19.9 Å². The Balaban J connectivity index is 0.00000324. The third kappa shape index (κ3) is 25.5. The Morgan fingerprint density at radius 3 is 1.96 bits per heavy atom. The number of nitrogens with one attached hydrogen (secondary N) is 6. The number of hydrogen-bond acceptors (Lipinski definition) is 39. The molecule has 4 aliphatic rings. The number of ether oxygens (including phenoxy) is 8. The smallest absolute Gasteiger partial charge is 0.754 e. The number of carbonyl (C=O) groups excluding carboxylic acids is 3. The molecule has 0 bridgehead atoms. The molecule has 1 aromatic heterocycles. The van der Waals surface area contributed by atoms with Crippen molar-refractivity contribution in [2.24, 2.45) is 5.92 Å². The molecule has 4 aromatic carbocycles. The molecule has 0 aliphatic carbocycles. The monoisotopic (exact) mass is 1700 g/mol. The zero-order valence-electron chi connectivity index (χ0n) is 61.9. The number of aliphatic hydroxyl groups excluding tert-OH is 11. The Morgan fingerprint density at radius 1 is 0.711 bits per heavy atom. The van der Waals surface area contributed by atoms with Gasteiger partial charge in [0, 0.05) is 67.2 Å². The van der Waals surface area contributed by atoms with Crippen molar-refractivity contribution in [3.8, 4) is 0 Å². The number of fused-ring (bicyclic) bond motifs is 1. The molecule has 616 valence electrons. The molecule has 0 saturated carbocycles. The summed E-state index contributed by atoms with van der Waals surface area (Å²) in [5, 5.41) is 144. The van der Waals surface area contributed by atoms with E-state index in [1.54, 1.807) is 24.3 Å². The predicted molar refractivity (Wildman–Crippen MR) is 369 cm³/mol. The number of carbonyl (C=O) groups is 3. The number of hydrogen-bond donors (Lipinski definition) is 17. The van der Waals surface area contributed by atoms with Crippen LogP contribution in [0.5, 0.6) is 0 Å². The van der Waals surface area contributed by atoms with Gasteiger partial charge in [0.15, 0.2) is 18.9 Å². The number of anilines is 4. The summed E-state index contributed by atoms with van der Waals surface area (Å²) < 4.78 is 146. The summed E-state index contributed by atoms with van der Waals surface area (Å²) in [4.78, 5) is 93.1. The van der Waals surface area contributed by atoms with Gasteiger partial charge in [0.2, 0.25) is 5.79 Å². The van der Waals surface area contributed by atoms with E-state index >= 15 is 0 Å². The van der Waals surface area contributed by atoms with Gasteiger partial charge in [0.05, 0.1) is 48.3 Å². The van der Waals surface area contributed by atoms with Crippen molar-refractivity contribution in [3.63, 3.8) is 0 Å². The SMILES string of the molecule is CC1OC(OC2C(NC(=O)c3cc(=O)[nH]c(=O)[nH]3)C(OCCCCCCCCC(=O)CCCNc3c(Nc4cccc(CNc5cc(S(=O)(=O)[O-])cc6c[c-]cc(S(=O)(=O)[O-])c56)c4)c(=O)c3=O)OC(CO)C2OC2OC(CO)C(O)C(OC3(C(=O)[O-])CC(O)C(C)C([C@H](O)[C@H](O)CO)O3)C2O)C(O)C(O)C1O.O=S(=O)=O.[Na+].[Na+].[Na+]. The molecule has 19 unspecified atom stereocenters. The van der Waals surface area contributed by atoms with E-state index in [0.717, 1.165) is 18.2 Å². The normalized spacial score (nSPS) is 28.2. The van der Waals surface area contributed by atoms with Gasteiger partial charge in [-0.1, -0.05) is 56.2 Å². The van der Waals surface area contributed by atoms with Crippen LogP contribution < -0.4 is 137 Å². The Kier molecular flexibility index (Phi) is 39.1. The summed E-state index contributed by atoms with van der Waals surface area (Å²) in [6.45, 7) is -0.827. The first-order valence-corrected chi connectivity index (χ1v) is 38.4. The zero-order valence-corrected chi connectivity index (χ0v) is 70.4. The first-order chi connectivity index (χ1) is 52.3. The standard InChI is InChI=1S/C66H87N6O33S2.3Na.O3S/c1-29-38(77)24-66(64(89)90,104-56(29)49(81)39(78)26-73)105-59-50(82)40(27-74)100-63(55(59)87)102-57-41(28-75)101-61(47(72-60(88)37-23-43(79)71-65(91)70-37)58(57)103-62-54(86)53(85)48(80)30(2)99-62)98-19-8-6-4-3-5-7-15-34(76)16-11-18-67-45-46(52(84)51(45)83)69-33-14-9-12-31(20-33)25-68-36-22-35(106(92,93)94)21-32-13-10-17-42(44(32)36)107(95,96)97;;;;1-4(2)3/h9,12-14,17,20-23,29-30,38-41,47-50,53-59,61-63,67-69,73-75,77-78,80-82,85-87H,3-8,11,15-16,18-19,24-28H2,1-2H3,(H,72,88)(H,89,90)(H,92,93,94)(H,95,96,97)(H2,70,71,79,91);;;;/q-1;3*+1;/p-3/t29?,30?,38?,39-,40?,41?,47?,48?,49-,50?,53?,54?,55?,56?,57?,58?,59?,61?,62?,63?,66?;;;;/m1..../s1. The molecule has 0 radical (unpaired) electrons. The first kappa shape index (κ1) is 99.9. The molecule has 4 saturated heterocycles. The fraction of sp³-hybridized carbons (Fsp3) is 0.591. The van der Waals surface area contributed by atoms with Crippen LogP contribution >= 0.6 is 0 Å². The number of aromatic amines is 2. The summed E-state index contributed by atoms with van der Waals surface area (Å²) in [7, 11) is -13.2. The molecule has 48 heteroatoms. The molecule has 1 amide bonds. The molecule has 42 nitrogen and oxygen atoms in total. The van der Waals surface area contributed by atoms with Crippen LogP contribution in [0.25, 0.3) is 10.8 Å². The van der Waals surface area contributed by atoms with Gasteiger partial charge >= 0.3 is 105 Å². The molecule has 4 aliphatic heterocycles. The van der Waals surface area contributed by atoms with E-state index in [4.69, 9.17) is 50.5 Å². The second-order valence-electron chi connectivity index (χ2n) is 26.7. The number of rotatable bonds is 36. The van der Waals surface area contributed by atoms with Crippen molar-refractivity contribution < 1.29 is 241 Å². The number of carboxylic acid groups (broad SMARTS) is 1. The molecule has 5 heterocycles. The van der Waals surface area contributed by atoms with Crippen LogP contribution in [0, 0.1) is 12.0 Å². The van der Waals surface area contributed by atoms with Crippen LogP contribution in [0.2, 0.25) is 0 Å². The zero-order chi connectivity index (χ0) is 81.7. The third-order valence-electron chi connectivity index (χ3n) is 18.9. The molecule has 114 heavy (non-hydrogen) atoms. The van der Waals surface area contributed by atoms with Crippen LogP contribution in [0.4, 0.5) is 22.7 Å². The topological polar surface area (TPSA) is 684 Å².